The number of nitrogens with two attached hydrogens (primary N) is 1. The highest BCUT2D eigenvalue weighted by atomic mass is 15.1. The highest BCUT2D eigenvalue weighted by Gasteiger charge is 2.21. The van der Waals surface area contributed by atoms with E-state index in [2.05, 4.69) is 78.6 Å². The number of nitrogens with zero attached hydrogens (tertiary/aromatic N) is 1. The summed E-state index contributed by atoms with van der Waals surface area (Å²) in [6, 6.07) is 18.1. The molecule has 0 bridgehead atoms. The Morgan fingerprint density at radius 3 is 2.59 bits per heavy atom. The van der Waals surface area contributed by atoms with Crippen molar-refractivity contribution in [3.8, 4) is 0 Å². The van der Waals surface area contributed by atoms with Crippen LogP contribution in [0.3, 0.4) is 0 Å². The van der Waals surface area contributed by atoms with Gasteiger partial charge in [0.25, 0.3) is 0 Å². The molecule has 0 amide bonds. The molecule has 0 aromatic heterocycles. The van der Waals surface area contributed by atoms with Gasteiger partial charge in [0.05, 0.1) is 0 Å². The topological polar surface area (TPSA) is 29.3 Å². The fourth-order valence-corrected chi connectivity index (χ4v) is 4.83. The van der Waals surface area contributed by atoms with Gasteiger partial charge >= 0.3 is 0 Å². The maximum atomic E-state index is 5.96. The lowest BCUT2D eigenvalue weighted by atomic mass is 9.80. The predicted molar refractivity (Wildman–Crippen MR) is 123 cm³/mol. The molecule has 0 saturated heterocycles. The molecule has 0 saturated carbocycles. The van der Waals surface area contributed by atoms with Gasteiger partial charge in [-0.25, -0.2) is 0 Å². The van der Waals surface area contributed by atoms with Crippen molar-refractivity contribution < 1.29 is 0 Å². The van der Waals surface area contributed by atoms with Crippen LogP contribution >= 0.6 is 0 Å². The van der Waals surface area contributed by atoms with E-state index in [0.717, 1.165) is 32.5 Å². The first-order chi connectivity index (χ1) is 14.2. The van der Waals surface area contributed by atoms with Crippen molar-refractivity contribution >= 4 is 16.3 Å². The third-order valence-corrected chi connectivity index (χ3v) is 6.29. The van der Waals surface area contributed by atoms with E-state index in [-0.39, 0.29) is 0 Å². The van der Waals surface area contributed by atoms with E-state index in [1.807, 2.05) is 0 Å². The number of rotatable bonds is 6. The van der Waals surface area contributed by atoms with Crippen molar-refractivity contribution in [3.63, 3.8) is 0 Å². The van der Waals surface area contributed by atoms with Gasteiger partial charge in [0.1, 0.15) is 0 Å². The van der Waals surface area contributed by atoms with Gasteiger partial charge in [0, 0.05) is 26.2 Å². The van der Waals surface area contributed by atoms with Crippen molar-refractivity contribution in [2.24, 2.45) is 5.73 Å². The molecule has 2 heteroatoms. The standard InChI is InChI=1S/C27H28N2/c1-19-5-7-20(8-6-19)17-29(16-15-28)18-24-12-11-23-10-9-21-3-2-4-22-13-14-25(24)27(23)26(21)22/h2,4-13H,3,14-18,28H2,1H3. The summed E-state index contributed by atoms with van der Waals surface area (Å²) in [5.41, 5.74) is 15.9. The van der Waals surface area contributed by atoms with E-state index in [9.17, 15) is 0 Å². The zero-order chi connectivity index (χ0) is 19.8. The maximum Gasteiger partial charge on any atom is 0.0240 e. The first-order valence-electron chi connectivity index (χ1n) is 10.6. The minimum atomic E-state index is 0.680. The Labute approximate surface area is 173 Å². The number of hydrogen-bond acceptors (Lipinski definition) is 2. The Hall–Kier alpha value is -2.68. The Kier molecular flexibility index (Phi) is 4.83. The summed E-state index contributed by atoms with van der Waals surface area (Å²) in [6.45, 7) is 5.60. The van der Waals surface area contributed by atoms with Crippen molar-refractivity contribution in [1.82, 2.24) is 4.90 Å². The molecular weight excluding hydrogens is 352 g/mol. The minimum Gasteiger partial charge on any atom is -0.329 e. The molecule has 0 heterocycles. The lowest BCUT2D eigenvalue weighted by Crippen LogP contribution is -2.29. The van der Waals surface area contributed by atoms with E-state index in [0.29, 0.717) is 6.54 Å². The first kappa shape index (κ1) is 18.4. The Bertz CT molecular complexity index is 1120. The molecule has 29 heavy (non-hydrogen) atoms. The quantitative estimate of drug-likeness (QED) is 0.640. The van der Waals surface area contributed by atoms with E-state index in [1.54, 1.807) is 0 Å². The Balaban J connectivity index is 1.51. The van der Waals surface area contributed by atoms with Crippen molar-refractivity contribution in [3.05, 3.63) is 100 Å². The summed E-state index contributed by atoms with van der Waals surface area (Å²) in [4.78, 5) is 2.48. The Morgan fingerprint density at radius 1 is 0.931 bits per heavy atom. The van der Waals surface area contributed by atoms with Gasteiger partial charge in [-0.15, -0.1) is 0 Å². The average molecular weight is 381 g/mol. The zero-order valence-electron chi connectivity index (χ0n) is 17.1. The van der Waals surface area contributed by atoms with Gasteiger partial charge in [0.2, 0.25) is 0 Å². The third kappa shape index (κ3) is 3.43. The second-order valence-electron chi connectivity index (χ2n) is 8.36. The van der Waals surface area contributed by atoms with Crippen molar-refractivity contribution in [1.29, 1.82) is 0 Å². The third-order valence-electron chi connectivity index (χ3n) is 6.29. The van der Waals surface area contributed by atoms with E-state index >= 15 is 0 Å². The maximum absolute atomic E-state index is 5.96. The molecule has 5 rings (SSSR count). The van der Waals surface area contributed by atoms with Gasteiger partial charge in [-0.3, -0.25) is 4.90 Å². The molecule has 0 radical (unpaired) electrons. The number of allylic oxidation sites excluding steroid dienone is 4. The second kappa shape index (κ2) is 7.62. The molecule has 3 aromatic rings. The zero-order valence-corrected chi connectivity index (χ0v) is 17.1. The summed E-state index contributed by atoms with van der Waals surface area (Å²) in [7, 11) is 0. The van der Waals surface area contributed by atoms with E-state index in [4.69, 9.17) is 5.73 Å². The number of aryl methyl sites for hydroxylation is 1. The molecule has 0 atom stereocenters. The van der Waals surface area contributed by atoms with Crippen LogP contribution in [0.1, 0.15) is 33.4 Å². The second-order valence-corrected chi connectivity index (χ2v) is 8.36. The van der Waals surface area contributed by atoms with Gasteiger partial charge < -0.3 is 5.73 Å². The number of benzene rings is 3. The molecule has 2 nitrogen and oxygen atoms in total. The molecule has 0 unspecified atom stereocenters. The van der Waals surface area contributed by atoms with Crippen molar-refractivity contribution in [2.75, 3.05) is 13.1 Å². The molecule has 0 fully saturated rings. The molecule has 146 valence electrons. The van der Waals surface area contributed by atoms with Crippen LogP contribution in [-0.2, 0) is 25.9 Å². The van der Waals surface area contributed by atoms with Crippen molar-refractivity contribution in [2.45, 2.75) is 32.9 Å². The summed E-state index contributed by atoms with van der Waals surface area (Å²) >= 11 is 0. The lowest BCUT2D eigenvalue weighted by molar-refractivity contribution is 0.264. The van der Waals surface area contributed by atoms with Gasteiger partial charge in [-0.1, -0.05) is 72.3 Å². The normalized spacial score (nSPS) is 14.5. The van der Waals surface area contributed by atoms with Crippen LogP contribution in [0.25, 0.3) is 16.3 Å². The van der Waals surface area contributed by atoms with Crippen LogP contribution in [-0.4, -0.2) is 18.0 Å². The first-order valence-corrected chi connectivity index (χ1v) is 10.6. The molecule has 2 aliphatic carbocycles. The fraction of sp³-hybridized carbons (Fsp3) is 0.259. The van der Waals surface area contributed by atoms with E-state index < -0.39 is 0 Å². The summed E-state index contributed by atoms with van der Waals surface area (Å²) in [5, 5.41) is 2.84. The van der Waals surface area contributed by atoms with Crippen LogP contribution in [0.15, 0.2) is 66.8 Å². The molecule has 3 aromatic carbocycles. The summed E-state index contributed by atoms with van der Waals surface area (Å²) in [6.07, 6.45) is 9.06. The van der Waals surface area contributed by atoms with E-state index in [1.165, 1.54) is 49.7 Å². The predicted octanol–water partition coefficient (Wildman–Crippen LogP) is 5.16. The molecule has 2 N–H and O–H groups in total. The fourth-order valence-electron chi connectivity index (χ4n) is 4.83. The molecular formula is C27H28N2. The van der Waals surface area contributed by atoms with Crippen LogP contribution in [0, 0.1) is 6.92 Å². The van der Waals surface area contributed by atoms with Crippen LogP contribution < -0.4 is 5.73 Å². The van der Waals surface area contributed by atoms with Crippen LogP contribution in [0.2, 0.25) is 0 Å². The summed E-state index contributed by atoms with van der Waals surface area (Å²) < 4.78 is 0. The monoisotopic (exact) mass is 380 g/mol. The minimum absolute atomic E-state index is 0.680. The van der Waals surface area contributed by atoms with Crippen LogP contribution in [0.5, 0.6) is 0 Å². The molecule has 0 aliphatic heterocycles. The SMILES string of the molecule is Cc1ccc(CN(CCN)Cc2ccc3ccc4c5c3c2CC=C5C=CC4)cc1. The van der Waals surface area contributed by atoms with Gasteiger partial charge in [0.15, 0.2) is 0 Å². The highest BCUT2D eigenvalue weighted by Crippen LogP contribution is 2.40. The summed E-state index contributed by atoms with van der Waals surface area (Å²) in [5.74, 6) is 0. The number of hydrogen-bond donors (Lipinski definition) is 1. The largest absolute Gasteiger partial charge is 0.329 e. The average Bonchev–Trinajstić information content (AvgIpc) is 2.75. The van der Waals surface area contributed by atoms with Gasteiger partial charge in [-0.2, -0.15) is 0 Å². The molecule has 2 aliphatic rings. The Morgan fingerprint density at radius 2 is 1.76 bits per heavy atom. The van der Waals surface area contributed by atoms with Crippen LogP contribution in [0.4, 0.5) is 0 Å². The lowest BCUT2D eigenvalue weighted by Gasteiger charge is -2.27. The highest BCUT2D eigenvalue weighted by molar-refractivity contribution is 6.02. The molecule has 0 spiro atoms. The smallest absolute Gasteiger partial charge is 0.0240 e. The van der Waals surface area contributed by atoms with Gasteiger partial charge in [-0.05, 0) is 63.9 Å².